The van der Waals surface area contributed by atoms with Gasteiger partial charge in [0.15, 0.2) is 6.29 Å². The first-order valence-corrected chi connectivity index (χ1v) is 5.35. The van der Waals surface area contributed by atoms with Gasteiger partial charge in [-0.25, -0.2) is 4.98 Å². The van der Waals surface area contributed by atoms with Crippen LogP contribution in [-0.2, 0) is 4.74 Å². The minimum Gasteiger partial charge on any atom is -0.381 e. The molecule has 1 aliphatic carbocycles. The van der Waals surface area contributed by atoms with Crippen LogP contribution in [0.4, 0.5) is 0 Å². The van der Waals surface area contributed by atoms with E-state index in [2.05, 4.69) is 4.98 Å². The molecule has 0 amide bonds. The molecule has 0 aromatic carbocycles. The fourth-order valence-electron chi connectivity index (χ4n) is 2.22. The number of rotatable bonds is 3. The van der Waals surface area contributed by atoms with Crippen molar-refractivity contribution in [1.29, 1.82) is 0 Å². The molecule has 1 heterocycles. The highest BCUT2D eigenvalue weighted by Gasteiger charge is 2.22. The van der Waals surface area contributed by atoms with Gasteiger partial charge in [-0.1, -0.05) is 0 Å². The third-order valence-corrected chi connectivity index (χ3v) is 3.10. The van der Waals surface area contributed by atoms with Crippen molar-refractivity contribution in [2.45, 2.75) is 37.8 Å². The van der Waals surface area contributed by atoms with Crippen molar-refractivity contribution >= 4 is 6.29 Å². The van der Waals surface area contributed by atoms with Gasteiger partial charge in [0.2, 0.25) is 0 Å². The number of nitrogens with zero attached hydrogens (tertiary/aromatic N) is 2. The molecule has 2 unspecified atom stereocenters. The first-order chi connectivity index (χ1) is 7.33. The van der Waals surface area contributed by atoms with Crippen molar-refractivity contribution in [3.05, 3.63) is 18.2 Å². The Morgan fingerprint density at radius 3 is 3.13 bits per heavy atom. The SMILES string of the molecule is COC1CCCC(n2cnc(C=O)c2)C1. The van der Waals surface area contributed by atoms with E-state index in [4.69, 9.17) is 4.74 Å². The minimum atomic E-state index is 0.353. The fraction of sp³-hybridized carbons (Fsp3) is 0.636. The molecule has 4 heteroatoms. The van der Waals surface area contributed by atoms with Crippen molar-refractivity contribution in [1.82, 2.24) is 9.55 Å². The molecule has 0 saturated heterocycles. The molecule has 15 heavy (non-hydrogen) atoms. The van der Waals surface area contributed by atoms with Crippen molar-refractivity contribution in [3.63, 3.8) is 0 Å². The fourth-order valence-corrected chi connectivity index (χ4v) is 2.22. The molecule has 82 valence electrons. The highest BCUT2D eigenvalue weighted by Crippen LogP contribution is 2.29. The van der Waals surface area contributed by atoms with E-state index in [1.54, 1.807) is 13.4 Å². The number of methoxy groups -OCH3 is 1. The minimum absolute atomic E-state index is 0.353. The summed E-state index contributed by atoms with van der Waals surface area (Å²) in [5, 5.41) is 0. The topological polar surface area (TPSA) is 44.1 Å². The lowest BCUT2D eigenvalue weighted by Gasteiger charge is -2.28. The Balaban J connectivity index is 2.06. The number of ether oxygens (including phenoxy) is 1. The Kier molecular flexibility index (Phi) is 3.16. The van der Waals surface area contributed by atoms with Gasteiger partial charge in [0.1, 0.15) is 5.69 Å². The van der Waals surface area contributed by atoms with Crippen LogP contribution in [0.5, 0.6) is 0 Å². The first kappa shape index (κ1) is 10.4. The lowest BCUT2D eigenvalue weighted by atomic mass is 9.93. The third-order valence-electron chi connectivity index (χ3n) is 3.10. The molecule has 1 fully saturated rings. The van der Waals surface area contributed by atoms with E-state index in [0.29, 0.717) is 17.8 Å². The second kappa shape index (κ2) is 4.57. The Morgan fingerprint density at radius 1 is 1.60 bits per heavy atom. The summed E-state index contributed by atoms with van der Waals surface area (Å²) in [7, 11) is 1.76. The molecule has 1 aromatic rings. The maximum absolute atomic E-state index is 10.5. The highest BCUT2D eigenvalue weighted by molar-refractivity contribution is 5.70. The molecule has 2 rings (SSSR count). The lowest BCUT2D eigenvalue weighted by molar-refractivity contribution is 0.0530. The maximum Gasteiger partial charge on any atom is 0.169 e. The van der Waals surface area contributed by atoms with Crippen molar-refractivity contribution in [2.75, 3.05) is 7.11 Å². The van der Waals surface area contributed by atoms with E-state index >= 15 is 0 Å². The molecule has 0 bridgehead atoms. The van der Waals surface area contributed by atoms with Crippen LogP contribution in [0.2, 0.25) is 0 Å². The van der Waals surface area contributed by atoms with Gasteiger partial charge in [-0.3, -0.25) is 4.79 Å². The van der Waals surface area contributed by atoms with E-state index < -0.39 is 0 Å². The van der Waals surface area contributed by atoms with Crippen LogP contribution < -0.4 is 0 Å². The van der Waals surface area contributed by atoms with Gasteiger partial charge < -0.3 is 9.30 Å². The monoisotopic (exact) mass is 208 g/mol. The molecule has 2 atom stereocenters. The van der Waals surface area contributed by atoms with Crippen LogP contribution in [0.15, 0.2) is 12.5 Å². The number of aldehydes is 1. The molecule has 0 aliphatic heterocycles. The first-order valence-electron chi connectivity index (χ1n) is 5.35. The summed E-state index contributed by atoms with van der Waals surface area (Å²) in [4.78, 5) is 14.5. The Hall–Kier alpha value is -1.16. The standard InChI is InChI=1S/C11H16N2O2/c1-15-11-4-2-3-10(5-11)13-6-9(7-14)12-8-13/h6-8,10-11H,2-5H2,1H3. The van der Waals surface area contributed by atoms with Gasteiger partial charge in [0.05, 0.1) is 12.4 Å². The molecule has 0 radical (unpaired) electrons. The number of hydrogen-bond acceptors (Lipinski definition) is 3. The van der Waals surface area contributed by atoms with Gasteiger partial charge in [-0.05, 0) is 25.7 Å². The van der Waals surface area contributed by atoms with Crippen LogP contribution in [0, 0.1) is 0 Å². The largest absolute Gasteiger partial charge is 0.381 e. The predicted octanol–water partition coefficient (Wildman–Crippen LogP) is 1.83. The number of carbonyl (C=O) groups is 1. The smallest absolute Gasteiger partial charge is 0.169 e. The van der Waals surface area contributed by atoms with Crippen LogP contribution in [0.1, 0.15) is 42.2 Å². The normalized spacial score (nSPS) is 26.5. The highest BCUT2D eigenvalue weighted by atomic mass is 16.5. The van der Waals surface area contributed by atoms with E-state index in [1.165, 1.54) is 6.42 Å². The third kappa shape index (κ3) is 2.26. The molecular weight excluding hydrogens is 192 g/mol. The van der Waals surface area contributed by atoms with Gasteiger partial charge >= 0.3 is 0 Å². The number of hydrogen-bond donors (Lipinski definition) is 0. The van der Waals surface area contributed by atoms with Crippen LogP contribution >= 0.6 is 0 Å². The van der Waals surface area contributed by atoms with Crippen LogP contribution in [0.3, 0.4) is 0 Å². The van der Waals surface area contributed by atoms with Gasteiger partial charge in [-0.2, -0.15) is 0 Å². The molecule has 4 nitrogen and oxygen atoms in total. The number of aromatic nitrogens is 2. The van der Waals surface area contributed by atoms with Gasteiger partial charge in [0.25, 0.3) is 0 Å². The number of carbonyl (C=O) groups excluding carboxylic acids is 1. The second-order valence-electron chi connectivity index (χ2n) is 4.04. The predicted molar refractivity (Wildman–Crippen MR) is 55.9 cm³/mol. The summed E-state index contributed by atoms with van der Waals surface area (Å²) in [5.74, 6) is 0. The zero-order valence-electron chi connectivity index (χ0n) is 8.93. The van der Waals surface area contributed by atoms with Crippen molar-refractivity contribution in [3.8, 4) is 0 Å². The quantitative estimate of drug-likeness (QED) is 0.712. The van der Waals surface area contributed by atoms with Gasteiger partial charge in [0, 0.05) is 19.3 Å². The van der Waals surface area contributed by atoms with Crippen molar-refractivity contribution in [2.24, 2.45) is 0 Å². The van der Waals surface area contributed by atoms with E-state index in [9.17, 15) is 4.79 Å². The Labute approximate surface area is 89.3 Å². The molecule has 0 spiro atoms. The van der Waals surface area contributed by atoms with Gasteiger partial charge in [-0.15, -0.1) is 0 Å². The summed E-state index contributed by atoms with van der Waals surface area (Å²) in [6.45, 7) is 0. The average molecular weight is 208 g/mol. The molecule has 0 N–H and O–H groups in total. The molecule has 1 aromatic heterocycles. The van der Waals surface area contributed by atoms with Crippen molar-refractivity contribution < 1.29 is 9.53 Å². The zero-order valence-corrected chi connectivity index (χ0v) is 8.93. The maximum atomic E-state index is 10.5. The summed E-state index contributed by atoms with van der Waals surface area (Å²) in [6.07, 6.45) is 9.18. The van der Waals surface area contributed by atoms with Crippen LogP contribution in [-0.4, -0.2) is 29.1 Å². The molecular formula is C11H16N2O2. The van der Waals surface area contributed by atoms with E-state index in [1.807, 2.05) is 10.8 Å². The molecule has 1 saturated carbocycles. The zero-order chi connectivity index (χ0) is 10.7. The van der Waals surface area contributed by atoms with E-state index in [-0.39, 0.29) is 0 Å². The average Bonchev–Trinajstić information content (AvgIpc) is 2.78. The van der Waals surface area contributed by atoms with E-state index in [0.717, 1.165) is 25.5 Å². The second-order valence-corrected chi connectivity index (χ2v) is 4.04. The summed E-state index contributed by atoms with van der Waals surface area (Å²) in [6, 6.07) is 0.435. The Morgan fingerprint density at radius 2 is 2.47 bits per heavy atom. The summed E-state index contributed by atoms with van der Waals surface area (Å²) >= 11 is 0. The summed E-state index contributed by atoms with van der Waals surface area (Å²) < 4.78 is 7.41. The number of imidazole rings is 1. The Bertz CT molecular complexity index is 335. The summed E-state index contributed by atoms with van der Waals surface area (Å²) in [5.41, 5.74) is 0.509. The van der Waals surface area contributed by atoms with Crippen LogP contribution in [0.25, 0.3) is 0 Å². The lowest BCUT2D eigenvalue weighted by Crippen LogP contribution is -2.23. The molecule has 1 aliphatic rings.